The van der Waals surface area contributed by atoms with Crippen molar-refractivity contribution in [1.29, 1.82) is 0 Å². The molecule has 1 rings (SSSR count). The van der Waals surface area contributed by atoms with Gasteiger partial charge in [-0.15, -0.1) is 0 Å². The summed E-state index contributed by atoms with van der Waals surface area (Å²) < 4.78 is 0.597. The van der Waals surface area contributed by atoms with Gasteiger partial charge in [-0.05, 0) is 19.3 Å². The molecule has 1 heterocycles. The first-order valence-corrected chi connectivity index (χ1v) is 3.99. The van der Waals surface area contributed by atoms with Crippen molar-refractivity contribution in [3.05, 3.63) is 0 Å². The highest BCUT2D eigenvalue weighted by molar-refractivity contribution is 5.68. The van der Waals surface area contributed by atoms with Crippen LogP contribution in [0, 0.1) is 0 Å². The molecule has 0 spiro atoms. The van der Waals surface area contributed by atoms with Crippen LogP contribution in [0.1, 0.15) is 25.7 Å². The molecule has 0 aromatic rings. The van der Waals surface area contributed by atoms with E-state index in [1.807, 2.05) is 14.1 Å². The van der Waals surface area contributed by atoms with E-state index in [-0.39, 0.29) is 5.48 Å². The highest BCUT2D eigenvalue weighted by atomic mass is 16.2. The summed E-state index contributed by atoms with van der Waals surface area (Å²) in [6, 6.07) is 0. The van der Waals surface area contributed by atoms with E-state index in [0.29, 0.717) is 10.4 Å². The van der Waals surface area contributed by atoms with Crippen molar-refractivity contribution in [2.75, 3.05) is 20.6 Å². The molecule has 0 radical (unpaired) electrons. The van der Waals surface area contributed by atoms with Gasteiger partial charge in [0.25, 0.3) is 0 Å². The third-order valence-electron chi connectivity index (χ3n) is 2.28. The highest BCUT2D eigenvalue weighted by Gasteiger charge is 2.27. The van der Waals surface area contributed by atoms with Gasteiger partial charge in [0.05, 0.1) is 27.1 Å². The van der Waals surface area contributed by atoms with Gasteiger partial charge in [-0.1, -0.05) is 0 Å². The first kappa shape index (κ1) is 10.6. The number of likely N-dealkylation sites (tertiary alicyclic amines) is 1. The number of hydrogen-bond donors (Lipinski definition) is 0. The predicted molar refractivity (Wildman–Crippen MR) is 44.1 cm³/mol. The van der Waals surface area contributed by atoms with E-state index in [1.54, 1.807) is 0 Å². The van der Waals surface area contributed by atoms with Gasteiger partial charge in [-0.2, -0.15) is 0 Å². The summed E-state index contributed by atoms with van der Waals surface area (Å²) in [6.45, 7) is 1.03. The first-order valence-electron chi connectivity index (χ1n) is 3.99. The topological polar surface area (TPSA) is 48.6 Å². The third kappa shape index (κ3) is 2.60. The molecule has 0 aromatic heterocycles. The quantitative estimate of drug-likeness (QED) is 0.471. The maximum atomic E-state index is 11.3. The summed E-state index contributed by atoms with van der Waals surface area (Å²) in [5, 5.41) is 0. The van der Waals surface area contributed by atoms with Crippen LogP contribution in [-0.2, 0) is 4.79 Å². The number of rotatable bonds is 0. The van der Waals surface area contributed by atoms with E-state index >= 15 is 0 Å². The Balaban J connectivity index is 0.000001000. The zero-order valence-electron chi connectivity index (χ0n) is 7.39. The predicted octanol–water partition coefficient (Wildman–Crippen LogP) is 0.339. The number of nitrogens with zero attached hydrogens (tertiary/aromatic N) is 1. The fourth-order valence-electron chi connectivity index (χ4n) is 1.39. The van der Waals surface area contributed by atoms with Crippen molar-refractivity contribution in [3.63, 3.8) is 0 Å². The Bertz CT molecular complexity index is 143. The maximum Gasteiger partial charge on any atom is 0.313 e. The molecule has 0 bridgehead atoms. The average Bonchev–Trinajstić information content (AvgIpc) is 1.96. The van der Waals surface area contributed by atoms with Gasteiger partial charge in [0.15, 0.2) is 0 Å². The Labute approximate surface area is 67.9 Å². The van der Waals surface area contributed by atoms with Crippen molar-refractivity contribution in [1.82, 2.24) is 0 Å². The molecule has 1 aliphatic heterocycles. The van der Waals surface area contributed by atoms with E-state index in [4.69, 9.17) is 0 Å². The SMILES string of the molecule is C[N+]1(C)CCCCCC1=O.O. The second-order valence-corrected chi connectivity index (χ2v) is 3.61. The van der Waals surface area contributed by atoms with Crippen molar-refractivity contribution in [2.45, 2.75) is 25.7 Å². The van der Waals surface area contributed by atoms with E-state index < -0.39 is 0 Å². The number of hydrogen-bond acceptors (Lipinski definition) is 1. The molecule has 0 unspecified atom stereocenters. The third-order valence-corrected chi connectivity index (χ3v) is 2.28. The summed E-state index contributed by atoms with van der Waals surface area (Å²) >= 11 is 0. The minimum absolute atomic E-state index is 0. The van der Waals surface area contributed by atoms with Gasteiger partial charge in [-0.3, -0.25) is 4.48 Å². The zero-order valence-corrected chi connectivity index (χ0v) is 7.39. The number of quaternary nitrogens is 1. The van der Waals surface area contributed by atoms with E-state index in [2.05, 4.69) is 0 Å². The monoisotopic (exact) mass is 160 g/mol. The Morgan fingerprint density at radius 2 is 1.82 bits per heavy atom. The summed E-state index contributed by atoms with van der Waals surface area (Å²) in [6.07, 6.45) is 4.32. The van der Waals surface area contributed by atoms with Crippen LogP contribution in [-0.4, -0.2) is 36.5 Å². The molecule has 0 aromatic carbocycles. The molecule has 3 nitrogen and oxygen atoms in total. The van der Waals surface area contributed by atoms with Crippen LogP contribution in [0.15, 0.2) is 0 Å². The smallest absolute Gasteiger partial charge is 0.313 e. The van der Waals surface area contributed by atoms with E-state index in [0.717, 1.165) is 19.4 Å². The van der Waals surface area contributed by atoms with Crippen LogP contribution in [0.4, 0.5) is 0 Å². The lowest BCUT2D eigenvalue weighted by Gasteiger charge is -2.24. The van der Waals surface area contributed by atoms with Crippen LogP contribution in [0.3, 0.4) is 0 Å². The van der Waals surface area contributed by atoms with Crippen LogP contribution in [0.25, 0.3) is 0 Å². The average molecular weight is 160 g/mol. The molecule has 2 N–H and O–H groups in total. The van der Waals surface area contributed by atoms with Gasteiger partial charge < -0.3 is 5.48 Å². The molecule has 1 saturated heterocycles. The zero-order chi connectivity index (χ0) is 7.61. The molecule has 1 fully saturated rings. The van der Waals surface area contributed by atoms with Crippen molar-refractivity contribution in [3.8, 4) is 0 Å². The molecule has 1 aliphatic rings. The van der Waals surface area contributed by atoms with Crippen molar-refractivity contribution in [2.24, 2.45) is 0 Å². The molecule has 3 heteroatoms. The van der Waals surface area contributed by atoms with Gasteiger partial charge in [0.2, 0.25) is 0 Å². The number of amides is 1. The lowest BCUT2D eigenvalue weighted by molar-refractivity contribution is -0.813. The summed E-state index contributed by atoms with van der Waals surface area (Å²) in [4.78, 5) is 11.3. The van der Waals surface area contributed by atoms with E-state index in [1.165, 1.54) is 12.8 Å². The summed E-state index contributed by atoms with van der Waals surface area (Å²) in [7, 11) is 4.02. The molecule has 0 saturated carbocycles. The Morgan fingerprint density at radius 1 is 1.18 bits per heavy atom. The van der Waals surface area contributed by atoms with Gasteiger partial charge in [0.1, 0.15) is 0 Å². The number of carbonyl (C=O) groups is 1. The fraction of sp³-hybridized carbons (Fsp3) is 0.875. The van der Waals surface area contributed by atoms with Crippen LogP contribution in [0.5, 0.6) is 0 Å². The molecular formula is C8H18NO2+. The standard InChI is InChI=1S/C8H16NO.H2O/c1-9(2)7-5-3-4-6-8(9)10;/h3-7H2,1-2H3;1H2/q+1;. The van der Waals surface area contributed by atoms with E-state index in [9.17, 15) is 4.79 Å². The Hall–Kier alpha value is -0.410. The van der Waals surface area contributed by atoms with Gasteiger partial charge in [0, 0.05) is 0 Å². The Kier molecular flexibility index (Phi) is 3.69. The molecular weight excluding hydrogens is 142 g/mol. The van der Waals surface area contributed by atoms with Crippen molar-refractivity contribution < 1.29 is 14.8 Å². The summed E-state index contributed by atoms with van der Waals surface area (Å²) in [5.41, 5.74) is 0. The maximum absolute atomic E-state index is 11.3. The number of carbonyl (C=O) groups excluding carboxylic acids is 1. The summed E-state index contributed by atoms with van der Waals surface area (Å²) in [5.74, 6) is 0.400. The molecule has 0 aliphatic carbocycles. The largest absolute Gasteiger partial charge is 0.412 e. The normalized spacial score (nSPS) is 23.6. The second-order valence-electron chi connectivity index (χ2n) is 3.61. The highest BCUT2D eigenvalue weighted by Crippen LogP contribution is 2.14. The van der Waals surface area contributed by atoms with Crippen LogP contribution >= 0.6 is 0 Å². The van der Waals surface area contributed by atoms with Crippen LogP contribution in [0.2, 0.25) is 0 Å². The van der Waals surface area contributed by atoms with Crippen LogP contribution < -0.4 is 0 Å². The Morgan fingerprint density at radius 3 is 2.45 bits per heavy atom. The molecule has 11 heavy (non-hydrogen) atoms. The molecule has 1 amide bonds. The van der Waals surface area contributed by atoms with Gasteiger partial charge >= 0.3 is 5.91 Å². The van der Waals surface area contributed by atoms with Gasteiger partial charge in [-0.25, -0.2) is 4.79 Å². The first-order chi connectivity index (χ1) is 4.63. The lowest BCUT2D eigenvalue weighted by Crippen LogP contribution is -2.44. The molecule has 66 valence electrons. The molecule has 0 atom stereocenters. The minimum Gasteiger partial charge on any atom is -0.412 e. The minimum atomic E-state index is 0. The lowest BCUT2D eigenvalue weighted by atomic mass is 10.2. The fourth-order valence-corrected chi connectivity index (χ4v) is 1.39. The second kappa shape index (κ2) is 3.83. The van der Waals surface area contributed by atoms with Crippen molar-refractivity contribution >= 4 is 5.91 Å².